The Labute approximate surface area is 166 Å². The maximum Gasteiger partial charge on any atom is 0.387 e. The van der Waals surface area contributed by atoms with Crippen LogP contribution in [0.1, 0.15) is 17.2 Å². The van der Waals surface area contributed by atoms with E-state index in [4.69, 9.17) is 4.74 Å². The van der Waals surface area contributed by atoms with Crippen molar-refractivity contribution in [2.24, 2.45) is 0 Å². The summed E-state index contributed by atoms with van der Waals surface area (Å²) in [5.74, 6) is 0.193. The molecule has 0 saturated carbocycles. The lowest BCUT2D eigenvalue weighted by Gasteiger charge is -2.31. The van der Waals surface area contributed by atoms with E-state index in [2.05, 4.69) is 43.0 Å². The molecule has 3 rings (SSSR count). The van der Waals surface area contributed by atoms with Crippen LogP contribution in [0, 0.1) is 0 Å². The Morgan fingerprint density at radius 3 is 2.56 bits per heavy atom. The molecule has 1 fully saturated rings. The average molecular weight is 441 g/mol. The van der Waals surface area contributed by atoms with Gasteiger partial charge in [-0.1, -0.05) is 46.3 Å². The molecule has 1 N–H and O–H groups in total. The van der Waals surface area contributed by atoms with Crippen molar-refractivity contribution in [1.29, 1.82) is 0 Å². The third kappa shape index (κ3) is 6.24. The van der Waals surface area contributed by atoms with E-state index in [1.807, 2.05) is 24.3 Å². The molecule has 2 aromatic carbocycles. The van der Waals surface area contributed by atoms with Crippen molar-refractivity contribution < 1.29 is 18.3 Å². The van der Waals surface area contributed by atoms with Crippen molar-refractivity contribution in [1.82, 2.24) is 10.2 Å². The first kappa shape index (κ1) is 20.2. The van der Waals surface area contributed by atoms with Gasteiger partial charge >= 0.3 is 6.61 Å². The Morgan fingerprint density at radius 2 is 1.85 bits per heavy atom. The van der Waals surface area contributed by atoms with Gasteiger partial charge in [0.15, 0.2) is 0 Å². The molecule has 1 saturated heterocycles. The third-order valence-corrected chi connectivity index (χ3v) is 5.02. The van der Waals surface area contributed by atoms with Crippen LogP contribution in [0.5, 0.6) is 5.75 Å². The fourth-order valence-corrected chi connectivity index (χ4v) is 3.55. The lowest BCUT2D eigenvalue weighted by molar-refractivity contribution is -0.0505. The van der Waals surface area contributed by atoms with Gasteiger partial charge in [-0.25, -0.2) is 0 Å². The van der Waals surface area contributed by atoms with Gasteiger partial charge in [0.05, 0.1) is 13.2 Å². The van der Waals surface area contributed by atoms with Crippen LogP contribution in [0.25, 0.3) is 0 Å². The predicted octanol–water partition coefficient (Wildman–Crippen LogP) is 4.21. The van der Waals surface area contributed by atoms with E-state index in [9.17, 15) is 8.78 Å². The monoisotopic (exact) mass is 440 g/mol. The van der Waals surface area contributed by atoms with Gasteiger partial charge in [0.1, 0.15) is 5.75 Å². The number of nitrogens with one attached hydrogen (secondary N) is 1. The number of ether oxygens (including phenoxy) is 2. The standard InChI is InChI=1S/C20H23BrF2N2O2/c21-17-6-7-19(27-20(22)23)16(12-17)13-24-18(15-4-2-1-3-5-15)14-25-8-10-26-11-9-25/h1-7,12,18,20,24H,8-11,13-14H2. The second kappa shape index (κ2) is 10.1. The first-order valence-corrected chi connectivity index (χ1v) is 9.73. The molecule has 0 aromatic heterocycles. The minimum absolute atomic E-state index is 0.0719. The fraction of sp³-hybridized carbons (Fsp3) is 0.400. The van der Waals surface area contributed by atoms with E-state index in [0.29, 0.717) is 12.1 Å². The minimum atomic E-state index is -2.84. The summed E-state index contributed by atoms with van der Waals surface area (Å²) in [7, 11) is 0. The SMILES string of the molecule is FC(F)Oc1ccc(Br)cc1CNC(CN1CCOCC1)c1ccccc1. The molecule has 4 nitrogen and oxygen atoms in total. The highest BCUT2D eigenvalue weighted by molar-refractivity contribution is 9.10. The number of hydrogen-bond acceptors (Lipinski definition) is 4. The molecule has 146 valence electrons. The molecular formula is C20H23BrF2N2O2. The zero-order chi connectivity index (χ0) is 19.1. The van der Waals surface area contributed by atoms with Crippen molar-refractivity contribution in [2.75, 3.05) is 32.8 Å². The molecular weight excluding hydrogens is 418 g/mol. The minimum Gasteiger partial charge on any atom is -0.434 e. The van der Waals surface area contributed by atoms with E-state index in [1.165, 1.54) is 0 Å². The predicted molar refractivity (Wildman–Crippen MR) is 104 cm³/mol. The molecule has 0 spiro atoms. The molecule has 0 radical (unpaired) electrons. The van der Waals surface area contributed by atoms with Gasteiger partial charge in [0.2, 0.25) is 0 Å². The summed E-state index contributed by atoms with van der Waals surface area (Å²) < 4.78 is 36.3. The van der Waals surface area contributed by atoms with Gasteiger partial charge in [-0.05, 0) is 23.8 Å². The first-order chi connectivity index (χ1) is 13.1. The smallest absolute Gasteiger partial charge is 0.387 e. The molecule has 1 aliphatic rings. The Bertz CT molecular complexity index is 712. The van der Waals surface area contributed by atoms with E-state index >= 15 is 0 Å². The maximum absolute atomic E-state index is 12.7. The van der Waals surface area contributed by atoms with Crippen LogP contribution in [0.2, 0.25) is 0 Å². The van der Waals surface area contributed by atoms with Crippen LogP contribution in [-0.4, -0.2) is 44.4 Å². The quantitative estimate of drug-likeness (QED) is 0.666. The number of nitrogens with zero attached hydrogens (tertiary/aromatic N) is 1. The van der Waals surface area contributed by atoms with Crippen molar-refractivity contribution >= 4 is 15.9 Å². The second-order valence-electron chi connectivity index (χ2n) is 6.39. The van der Waals surface area contributed by atoms with Gasteiger partial charge in [-0.2, -0.15) is 8.78 Å². The van der Waals surface area contributed by atoms with Crippen LogP contribution in [0.4, 0.5) is 8.78 Å². The second-order valence-corrected chi connectivity index (χ2v) is 7.30. The number of hydrogen-bond donors (Lipinski definition) is 1. The van der Waals surface area contributed by atoms with Gasteiger partial charge in [-0.15, -0.1) is 0 Å². The highest BCUT2D eigenvalue weighted by atomic mass is 79.9. The zero-order valence-corrected chi connectivity index (χ0v) is 16.5. The number of rotatable bonds is 8. The normalized spacial score (nSPS) is 16.4. The molecule has 0 aliphatic carbocycles. The lowest BCUT2D eigenvalue weighted by Crippen LogP contribution is -2.41. The Balaban J connectivity index is 1.73. The largest absolute Gasteiger partial charge is 0.434 e. The molecule has 27 heavy (non-hydrogen) atoms. The van der Waals surface area contributed by atoms with E-state index in [1.54, 1.807) is 12.1 Å². The molecule has 1 unspecified atom stereocenters. The number of halogens is 3. The molecule has 7 heteroatoms. The van der Waals surface area contributed by atoms with E-state index < -0.39 is 6.61 Å². The van der Waals surface area contributed by atoms with E-state index in [0.717, 1.165) is 42.9 Å². The molecule has 0 amide bonds. The van der Waals surface area contributed by atoms with Crippen molar-refractivity contribution in [2.45, 2.75) is 19.2 Å². The summed E-state index contributed by atoms with van der Waals surface area (Å²) in [4.78, 5) is 2.35. The topological polar surface area (TPSA) is 33.7 Å². The molecule has 0 bridgehead atoms. The summed E-state index contributed by atoms with van der Waals surface area (Å²) in [6.07, 6.45) is 0. The Hall–Kier alpha value is -1.54. The Kier molecular flexibility index (Phi) is 7.58. The van der Waals surface area contributed by atoms with Gasteiger partial charge in [-0.3, -0.25) is 4.90 Å². The van der Waals surface area contributed by atoms with Crippen LogP contribution in [0.15, 0.2) is 53.0 Å². The van der Waals surface area contributed by atoms with Crippen LogP contribution < -0.4 is 10.1 Å². The molecule has 1 aliphatic heterocycles. The van der Waals surface area contributed by atoms with E-state index in [-0.39, 0.29) is 11.8 Å². The average Bonchev–Trinajstić information content (AvgIpc) is 2.68. The Morgan fingerprint density at radius 1 is 1.11 bits per heavy atom. The van der Waals surface area contributed by atoms with Crippen LogP contribution in [-0.2, 0) is 11.3 Å². The maximum atomic E-state index is 12.7. The zero-order valence-electron chi connectivity index (χ0n) is 14.9. The van der Waals surface area contributed by atoms with Crippen molar-refractivity contribution in [3.63, 3.8) is 0 Å². The number of morpholine rings is 1. The molecule has 1 atom stereocenters. The highest BCUT2D eigenvalue weighted by Gasteiger charge is 2.19. The van der Waals surface area contributed by atoms with Crippen LogP contribution >= 0.6 is 15.9 Å². The highest BCUT2D eigenvalue weighted by Crippen LogP contribution is 2.26. The summed E-state index contributed by atoms with van der Waals surface area (Å²) >= 11 is 3.40. The number of alkyl halides is 2. The molecule has 2 aromatic rings. The summed E-state index contributed by atoms with van der Waals surface area (Å²) in [6.45, 7) is 1.66. The fourth-order valence-electron chi connectivity index (χ4n) is 3.15. The summed E-state index contributed by atoms with van der Waals surface area (Å²) in [5, 5.41) is 3.51. The lowest BCUT2D eigenvalue weighted by atomic mass is 10.1. The number of benzene rings is 2. The van der Waals surface area contributed by atoms with Crippen molar-refractivity contribution in [3.8, 4) is 5.75 Å². The third-order valence-electron chi connectivity index (χ3n) is 4.52. The van der Waals surface area contributed by atoms with Crippen molar-refractivity contribution in [3.05, 3.63) is 64.1 Å². The van der Waals surface area contributed by atoms with Gasteiger partial charge < -0.3 is 14.8 Å². The first-order valence-electron chi connectivity index (χ1n) is 8.93. The summed E-state index contributed by atoms with van der Waals surface area (Å²) in [6, 6.07) is 15.3. The molecule has 1 heterocycles. The summed E-state index contributed by atoms with van der Waals surface area (Å²) in [5.41, 5.74) is 1.85. The van der Waals surface area contributed by atoms with Gasteiger partial charge in [0, 0.05) is 42.3 Å². The van der Waals surface area contributed by atoms with Crippen LogP contribution in [0.3, 0.4) is 0 Å². The van der Waals surface area contributed by atoms with Gasteiger partial charge in [0.25, 0.3) is 0 Å².